The molecule has 0 unspecified atom stereocenters. The van der Waals surface area contributed by atoms with Crippen molar-refractivity contribution < 1.29 is 18.0 Å². The number of carbonyl (C=O) groups is 1. The Hall–Kier alpha value is -2.00. The maximum absolute atomic E-state index is 12.3. The second-order valence-corrected chi connectivity index (χ2v) is 6.68. The van der Waals surface area contributed by atoms with Gasteiger partial charge >= 0.3 is 5.51 Å². The topological polar surface area (TPSA) is 50.2 Å². The fourth-order valence-electron chi connectivity index (χ4n) is 2.35. The Morgan fingerprint density at radius 2 is 1.88 bits per heavy atom. The van der Waals surface area contributed by atoms with Crippen LogP contribution in [0.1, 0.15) is 24.2 Å². The SMILES string of the molecule is CCN(CC)CCn1cc(NC(=O)c2ccc(SC(F)(F)F)cc2)cn1. The predicted octanol–water partition coefficient (Wildman–Crippen LogP) is 4.09. The molecule has 0 spiro atoms. The van der Waals surface area contributed by atoms with Crippen molar-refractivity contribution in [1.82, 2.24) is 14.7 Å². The molecule has 0 aliphatic carbocycles. The number of halogens is 3. The van der Waals surface area contributed by atoms with E-state index in [1.165, 1.54) is 24.3 Å². The summed E-state index contributed by atoms with van der Waals surface area (Å²) in [7, 11) is 0. The average molecular weight is 386 g/mol. The third-order valence-corrected chi connectivity index (χ3v) is 4.52. The average Bonchev–Trinajstić information content (AvgIpc) is 3.02. The zero-order chi connectivity index (χ0) is 19.2. The first kappa shape index (κ1) is 20.3. The number of thioether (sulfide) groups is 1. The van der Waals surface area contributed by atoms with Gasteiger partial charge in [-0.3, -0.25) is 9.48 Å². The first-order valence-electron chi connectivity index (χ1n) is 8.22. The van der Waals surface area contributed by atoms with Crippen LogP contribution in [0.5, 0.6) is 0 Å². The summed E-state index contributed by atoms with van der Waals surface area (Å²) in [5, 5.41) is 6.90. The van der Waals surface area contributed by atoms with Gasteiger partial charge in [-0.2, -0.15) is 18.3 Å². The molecule has 2 rings (SSSR count). The van der Waals surface area contributed by atoms with Gasteiger partial charge in [-0.25, -0.2) is 0 Å². The molecule has 0 saturated heterocycles. The molecule has 0 aliphatic heterocycles. The van der Waals surface area contributed by atoms with Crippen molar-refractivity contribution in [2.45, 2.75) is 30.8 Å². The molecule has 1 N–H and O–H groups in total. The lowest BCUT2D eigenvalue weighted by Crippen LogP contribution is -2.27. The van der Waals surface area contributed by atoms with Crippen LogP contribution in [0.15, 0.2) is 41.6 Å². The Kier molecular flexibility index (Phi) is 7.10. The van der Waals surface area contributed by atoms with Gasteiger partial charge in [0.05, 0.1) is 18.4 Å². The first-order valence-corrected chi connectivity index (χ1v) is 9.04. The molecule has 26 heavy (non-hydrogen) atoms. The fourth-order valence-corrected chi connectivity index (χ4v) is 2.88. The number of amides is 1. The second kappa shape index (κ2) is 9.09. The van der Waals surface area contributed by atoms with E-state index in [1.54, 1.807) is 17.1 Å². The molecule has 1 aromatic heterocycles. The summed E-state index contributed by atoms with van der Waals surface area (Å²) in [5.74, 6) is -0.392. The highest BCUT2D eigenvalue weighted by molar-refractivity contribution is 8.00. The van der Waals surface area contributed by atoms with Gasteiger partial charge in [-0.15, -0.1) is 0 Å². The highest BCUT2D eigenvalue weighted by atomic mass is 32.2. The van der Waals surface area contributed by atoms with Crippen molar-refractivity contribution in [1.29, 1.82) is 0 Å². The molecular weight excluding hydrogens is 365 g/mol. The van der Waals surface area contributed by atoms with E-state index in [-0.39, 0.29) is 22.2 Å². The van der Waals surface area contributed by atoms with E-state index in [9.17, 15) is 18.0 Å². The van der Waals surface area contributed by atoms with Crippen molar-refractivity contribution in [3.05, 3.63) is 42.2 Å². The molecule has 0 atom stereocenters. The highest BCUT2D eigenvalue weighted by Crippen LogP contribution is 2.36. The number of aromatic nitrogens is 2. The summed E-state index contributed by atoms with van der Waals surface area (Å²) in [6, 6.07) is 5.30. The minimum Gasteiger partial charge on any atom is -0.319 e. The van der Waals surface area contributed by atoms with E-state index in [0.717, 1.165) is 19.6 Å². The van der Waals surface area contributed by atoms with E-state index < -0.39 is 11.4 Å². The van der Waals surface area contributed by atoms with E-state index in [0.29, 0.717) is 12.2 Å². The molecule has 1 amide bonds. The summed E-state index contributed by atoms with van der Waals surface area (Å²) < 4.78 is 38.7. The number of hydrogen-bond acceptors (Lipinski definition) is 4. The zero-order valence-electron chi connectivity index (χ0n) is 14.6. The number of benzene rings is 1. The van der Waals surface area contributed by atoms with Gasteiger partial charge in [0.2, 0.25) is 0 Å². The Bertz CT molecular complexity index is 712. The number of nitrogens with zero attached hydrogens (tertiary/aromatic N) is 3. The normalized spacial score (nSPS) is 11.8. The lowest BCUT2D eigenvalue weighted by molar-refractivity contribution is -0.0328. The third-order valence-electron chi connectivity index (χ3n) is 3.78. The fraction of sp³-hybridized carbons (Fsp3) is 0.412. The van der Waals surface area contributed by atoms with Crippen molar-refractivity contribution >= 4 is 23.4 Å². The molecule has 142 valence electrons. The Morgan fingerprint density at radius 3 is 2.46 bits per heavy atom. The Morgan fingerprint density at radius 1 is 1.23 bits per heavy atom. The van der Waals surface area contributed by atoms with E-state index in [2.05, 4.69) is 29.2 Å². The Labute approximate surface area is 154 Å². The van der Waals surface area contributed by atoms with E-state index in [4.69, 9.17) is 0 Å². The molecule has 0 aliphatic rings. The quantitative estimate of drug-likeness (QED) is 0.695. The largest absolute Gasteiger partial charge is 0.446 e. The Balaban J connectivity index is 1.91. The minimum absolute atomic E-state index is 0.0401. The molecule has 9 heteroatoms. The maximum Gasteiger partial charge on any atom is 0.446 e. The van der Waals surface area contributed by atoms with Crippen molar-refractivity contribution in [3.63, 3.8) is 0 Å². The number of nitrogens with one attached hydrogen (secondary N) is 1. The van der Waals surface area contributed by atoms with Gasteiger partial charge < -0.3 is 10.2 Å². The molecule has 0 fully saturated rings. The summed E-state index contributed by atoms with van der Waals surface area (Å²) in [4.78, 5) is 14.5. The number of rotatable bonds is 8. The van der Waals surface area contributed by atoms with Gasteiger partial charge in [-0.05, 0) is 49.1 Å². The van der Waals surface area contributed by atoms with Crippen LogP contribution in [0, 0.1) is 0 Å². The molecule has 0 radical (unpaired) electrons. The lowest BCUT2D eigenvalue weighted by atomic mass is 10.2. The van der Waals surface area contributed by atoms with Crippen molar-refractivity contribution in [3.8, 4) is 0 Å². The van der Waals surface area contributed by atoms with E-state index in [1.807, 2.05) is 0 Å². The van der Waals surface area contributed by atoms with Crippen LogP contribution >= 0.6 is 11.8 Å². The van der Waals surface area contributed by atoms with Gasteiger partial charge in [0, 0.05) is 23.2 Å². The monoisotopic (exact) mass is 386 g/mol. The first-order chi connectivity index (χ1) is 12.3. The lowest BCUT2D eigenvalue weighted by Gasteiger charge is -2.17. The van der Waals surface area contributed by atoms with Crippen LogP contribution in [0.25, 0.3) is 0 Å². The number of carbonyl (C=O) groups excluding carboxylic acids is 1. The van der Waals surface area contributed by atoms with Gasteiger partial charge in [0.15, 0.2) is 0 Å². The van der Waals surface area contributed by atoms with Gasteiger partial charge in [0.25, 0.3) is 5.91 Å². The number of hydrogen-bond donors (Lipinski definition) is 1. The van der Waals surface area contributed by atoms with Crippen molar-refractivity contribution in [2.24, 2.45) is 0 Å². The van der Waals surface area contributed by atoms with Crippen LogP contribution in [0.2, 0.25) is 0 Å². The summed E-state index contributed by atoms with van der Waals surface area (Å²) in [5.41, 5.74) is -3.51. The molecule has 0 bridgehead atoms. The molecule has 5 nitrogen and oxygen atoms in total. The minimum atomic E-state index is -4.34. The van der Waals surface area contributed by atoms with Crippen LogP contribution < -0.4 is 5.32 Å². The summed E-state index contributed by atoms with van der Waals surface area (Å²) >= 11 is -0.209. The van der Waals surface area contributed by atoms with Crippen LogP contribution in [-0.4, -0.2) is 45.7 Å². The van der Waals surface area contributed by atoms with Gasteiger partial charge in [-0.1, -0.05) is 13.8 Å². The molecule has 1 heterocycles. The number of alkyl halides is 3. The molecule has 1 aromatic carbocycles. The number of anilines is 1. The van der Waals surface area contributed by atoms with E-state index >= 15 is 0 Å². The maximum atomic E-state index is 12.3. The summed E-state index contributed by atoms with van der Waals surface area (Å²) in [6.07, 6.45) is 3.28. The standard InChI is InChI=1S/C17H21F3N4OS/c1-3-23(4-2)9-10-24-12-14(11-21-24)22-16(25)13-5-7-15(8-6-13)26-17(18,19)20/h5-8,11-12H,3-4,9-10H2,1-2H3,(H,22,25). The molecule has 2 aromatic rings. The second-order valence-electron chi connectivity index (χ2n) is 5.55. The highest BCUT2D eigenvalue weighted by Gasteiger charge is 2.29. The number of likely N-dealkylation sites (N-methyl/N-ethyl adjacent to an activating group) is 1. The smallest absolute Gasteiger partial charge is 0.319 e. The van der Waals surface area contributed by atoms with Gasteiger partial charge in [0.1, 0.15) is 0 Å². The van der Waals surface area contributed by atoms with Crippen molar-refractivity contribution in [2.75, 3.05) is 25.0 Å². The molecule has 0 saturated carbocycles. The van der Waals surface area contributed by atoms with Crippen LogP contribution in [0.3, 0.4) is 0 Å². The van der Waals surface area contributed by atoms with Crippen LogP contribution in [-0.2, 0) is 6.54 Å². The van der Waals surface area contributed by atoms with Crippen LogP contribution in [0.4, 0.5) is 18.9 Å². The zero-order valence-corrected chi connectivity index (χ0v) is 15.4. The summed E-state index contributed by atoms with van der Waals surface area (Å²) in [6.45, 7) is 7.68. The predicted molar refractivity (Wildman–Crippen MR) is 96.3 cm³/mol. The third kappa shape index (κ3) is 6.38. The molecular formula is C17H21F3N4OS.